The van der Waals surface area contributed by atoms with Gasteiger partial charge in [0.15, 0.2) is 3.92 Å². The second-order valence-corrected chi connectivity index (χ2v) is 5.88. The molecule has 0 aliphatic rings. The lowest BCUT2D eigenvalue weighted by Crippen LogP contribution is -1.84. The van der Waals surface area contributed by atoms with Crippen molar-refractivity contribution in [3.05, 3.63) is 13.4 Å². The van der Waals surface area contributed by atoms with E-state index >= 15 is 0 Å². The van der Waals surface area contributed by atoms with Gasteiger partial charge < -0.3 is 0 Å². The van der Waals surface area contributed by atoms with E-state index in [1.165, 1.54) is 18.5 Å². The van der Waals surface area contributed by atoms with Crippen molar-refractivity contribution in [2.45, 2.75) is 26.2 Å². The number of hydrogen-bond donors (Lipinski definition) is 0. The first-order valence-electron chi connectivity index (χ1n) is 3.54. The minimum atomic E-state index is 0.968. The van der Waals surface area contributed by atoms with Gasteiger partial charge in [-0.3, -0.25) is 0 Å². The normalized spacial score (nSPS) is 10.5. The van der Waals surface area contributed by atoms with Gasteiger partial charge in [-0.05, 0) is 44.7 Å². The van der Waals surface area contributed by atoms with Crippen molar-refractivity contribution in [3.8, 4) is 0 Å². The largest absolute Gasteiger partial charge is 0.233 e. The summed E-state index contributed by atoms with van der Waals surface area (Å²) in [6.07, 6.45) is 3.52. The van der Waals surface area contributed by atoms with Gasteiger partial charge in [0.05, 0.1) is 9.48 Å². The molecule has 0 aromatic carbocycles. The van der Waals surface area contributed by atoms with Crippen LogP contribution in [0.25, 0.3) is 0 Å². The summed E-state index contributed by atoms with van der Waals surface area (Å²) in [4.78, 5) is 4.34. The first-order chi connectivity index (χ1) is 5.24. The molecule has 0 N–H and O–H groups in total. The molecule has 0 fully saturated rings. The highest BCUT2D eigenvalue weighted by Gasteiger charge is 2.05. The molecule has 0 atom stereocenters. The number of aryl methyl sites for hydroxylation is 1. The first-order valence-corrected chi connectivity index (χ1v) is 5.95. The van der Waals surface area contributed by atoms with Gasteiger partial charge in [-0.15, -0.1) is 0 Å². The van der Waals surface area contributed by atoms with Gasteiger partial charge in [-0.1, -0.05) is 24.7 Å². The SMILES string of the molecule is CCCCc1nc(Br)sc1Br. The molecule has 1 nitrogen and oxygen atoms in total. The highest BCUT2D eigenvalue weighted by Crippen LogP contribution is 2.29. The fourth-order valence-corrected chi connectivity index (χ4v) is 3.47. The molecule has 0 aliphatic heterocycles. The van der Waals surface area contributed by atoms with Crippen molar-refractivity contribution in [1.82, 2.24) is 4.98 Å². The van der Waals surface area contributed by atoms with Crippen LogP contribution in [0.1, 0.15) is 25.5 Å². The summed E-state index contributed by atoms with van der Waals surface area (Å²) < 4.78 is 2.13. The lowest BCUT2D eigenvalue weighted by molar-refractivity contribution is 0.778. The standard InChI is InChI=1S/C7H9Br2NS/c1-2-3-4-5-6(8)11-7(9)10-5/h2-4H2,1H3. The van der Waals surface area contributed by atoms with Gasteiger partial charge in [0.2, 0.25) is 0 Å². The van der Waals surface area contributed by atoms with Crippen molar-refractivity contribution in [2.75, 3.05) is 0 Å². The van der Waals surface area contributed by atoms with Crippen molar-refractivity contribution in [1.29, 1.82) is 0 Å². The van der Waals surface area contributed by atoms with Crippen LogP contribution in [0, 0.1) is 0 Å². The average molecular weight is 299 g/mol. The molecule has 11 heavy (non-hydrogen) atoms. The first kappa shape index (κ1) is 9.68. The molecule has 0 amide bonds. The lowest BCUT2D eigenvalue weighted by atomic mass is 10.2. The summed E-state index contributed by atoms with van der Waals surface area (Å²) in [5.74, 6) is 0. The van der Waals surface area contributed by atoms with Crippen LogP contribution in [0.2, 0.25) is 0 Å². The predicted molar refractivity (Wildman–Crippen MR) is 56.1 cm³/mol. The summed E-state index contributed by atoms with van der Waals surface area (Å²) >= 11 is 8.47. The minimum Gasteiger partial charge on any atom is -0.233 e. The Balaban J connectivity index is 2.62. The van der Waals surface area contributed by atoms with Gasteiger partial charge in [0, 0.05) is 0 Å². The van der Waals surface area contributed by atoms with Crippen molar-refractivity contribution in [2.24, 2.45) is 0 Å². The molecule has 1 heterocycles. The molecule has 1 aromatic rings. The zero-order valence-electron chi connectivity index (χ0n) is 6.23. The Morgan fingerprint density at radius 2 is 2.18 bits per heavy atom. The van der Waals surface area contributed by atoms with Crippen LogP contribution in [0.4, 0.5) is 0 Å². The quantitative estimate of drug-likeness (QED) is 0.821. The van der Waals surface area contributed by atoms with Crippen LogP contribution in [-0.2, 0) is 6.42 Å². The maximum absolute atomic E-state index is 4.34. The van der Waals surface area contributed by atoms with Crippen molar-refractivity contribution in [3.63, 3.8) is 0 Å². The number of halogens is 2. The maximum atomic E-state index is 4.34. The van der Waals surface area contributed by atoms with Gasteiger partial charge in [-0.2, -0.15) is 0 Å². The van der Waals surface area contributed by atoms with Crippen LogP contribution < -0.4 is 0 Å². The molecule has 0 bridgehead atoms. The van der Waals surface area contributed by atoms with Crippen LogP contribution in [0.15, 0.2) is 7.70 Å². The Labute approximate surface area is 87.5 Å². The van der Waals surface area contributed by atoms with Gasteiger partial charge in [0.25, 0.3) is 0 Å². The molecule has 0 saturated carbocycles. The van der Waals surface area contributed by atoms with Gasteiger partial charge in [0.1, 0.15) is 0 Å². The molecule has 0 aliphatic carbocycles. The predicted octanol–water partition coefficient (Wildman–Crippen LogP) is 4.01. The zero-order valence-corrected chi connectivity index (χ0v) is 10.2. The van der Waals surface area contributed by atoms with E-state index in [4.69, 9.17) is 0 Å². The smallest absolute Gasteiger partial charge is 0.160 e. The van der Waals surface area contributed by atoms with E-state index in [0.717, 1.165) is 14.1 Å². The Hall–Kier alpha value is 0.590. The summed E-state index contributed by atoms with van der Waals surface area (Å²) in [5.41, 5.74) is 1.18. The molecule has 1 rings (SSSR count). The monoisotopic (exact) mass is 297 g/mol. The zero-order chi connectivity index (χ0) is 8.27. The minimum absolute atomic E-state index is 0.968. The van der Waals surface area contributed by atoms with E-state index in [1.807, 2.05) is 0 Å². The maximum Gasteiger partial charge on any atom is 0.160 e. The molecule has 62 valence electrons. The fraction of sp³-hybridized carbons (Fsp3) is 0.571. The third-order valence-corrected chi connectivity index (χ3v) is 3.67. The Morgan fingerprint density at radius 3 is 2.64 bits per heavy atom. The molecule has 4 heteroatoms. The highest BCUT2D eigenvalue weighted by atomic mass is 79.9. The summed E-state index contributed by atoms with van der Waals surface area (Å²) in [5, 5.41) is 0. The highest BCUT2D eigenvalue weighted by molar-refractivity contribution is 9.12. The van der Waals surface area contributed by atoms with Crippen LogP contribution in [0.5, 0.6) is 0 Å². The molecular weight excluding hydrogens is 290 g/mol. The summed E-state index contributed by atoms with van der Waals surface area (Å²) in [6, 6.07) is 0. The van der Waals surface area contributed by atoms with Gasteiger partial charge in [-0.25, -0.2) is 4.98 Å². The second-order valence-electron chi connectivity index (χ2n) is 2.29. The van der Waals surface area contributed by atoms with E-state index in [0.29, 0.717) is 0 Å². The third kappa shape index (κ3) is 2.84. The number of thiazole rings is 1. The van der Waals surface area contributed by atoms with E-state index in [1.54, 1.807) is 11.3 Å². The number of rotatable bonds is 3. The Bertz CT molecular complexity index is 234. The van der Waals surface area contributed by atoms with Crippen molar-refractivity contribution >= 4 is 43.2 Å². The van der Waals surface area contributed by atoms with E-state index in [9.17, 15) is 0 Å². The van der Waals surface area contributed by atoms with E-state index < -0.39 is 0 Å². The molecular formula is C7H9Br2NS. The summed E-state index contributed by atoms with van der Waals surface area (Å²) in [7, 11) is 0. The summed E-state index contributed by atoms with van der Waals surface area (Å²) in [6.45, 7) is 2.19. The second kappa shape index (κ2) is 4.58. The Kier molecular flexibility index (Phi) is 4.02. The topological polar surface area (TPSA) is 12.9 Å². The molecule has 0 radical (unpaired) electrons. The number of nitrogens with zero attached hydrogens (tertiary/aromatic N) is 1. The fourth-order valence-electron chi connectivity index (χ4n) is 0.804. The lowest BCUT2D eigenvalue weighted by Gasteiger charge is -1.92. The van der Waals surface area contributed by atoms with Crippen LogP contribution in [0.3, 0.4) is 0 Å². The number of unbranched alkanes of at least 4 members (excludes halogenated alkanes) is 1. The van der Waals surface area contributed by atoms with Crippen molar-refractivity contribution < 1.29 is 0 Å². The van der Waals surface area contributed by atoms with E-state index in [2.05, 4.69) is 43.8 Å². The molecule has 1 aromatic heterocycles. The van der Waals surface area contributed by atoms with E-state index in [-0.39, 0.29) is 0 Å². The molecule has 0 spiro atoms. The Morgan fingerprint density at radius 1 is 1.45 bits per heavy atom. The van der Waals surface area contributed by atoms with Crippen LogP contribution in [-0.4, -0.2) is 4.98 Å². The average Bonchev–Trinajstić information content (AvgIpc) is 2.26. The molecule has 0 unspecified atom stereocenters. The third-order valence-electron chi connectivity index (χ3n) is 1.39. The molecule has 0 saturated heterocycles. The van der Waals surface area contributed by atoms with Gasteiger partial charge >= 0.3 is 0 Å². The van der Waals surface area contributed by atoms with Crippen LogP contribution >= 0.6 is 43.2 Å². The number of hydrogen-bond acceptors (Lipinski definition) is 2. The number of aromatic nitrogens is 1.